The van der Waals surface area contributed by atoms with Crippen molar-refractivity contribution in [2.45, 2.75) is 46.2 Å². The maximum atomic E-state index is 12.7. The molecule has 1 aromatic heterocycles. The molecule has 0 unspecified atom stereocenters. The maximum Gasteiger partial charge on any atom is 0.319 e. The van der Waals surface area contributed by atoms with Gasteiger partial charge in [-0.25, -0.2) is 9.98 Å². The van der Waals surface area contributed by atoms with Crippen LogP contribution in [0.5, 0.6) is 0 Å². The Morgan fingerprint density at radius 1 is 1.35 bits per heavy atom. The predicted molar refractivity (Wildman–Crippen MR) is 75.8 cm³/mol. The van der Waals surface area contributed by atoms with Crippen LogP contribution in [-0.4, -0.2) is 28.6 Å². The van der Waals surface area contributed by atoms with Gasteiger partial charge in [0.25, 0.3) is 0 Å². The largest absolute Gasteiger partial charge is 0.357 e. The van der Waals surface area contributed by atoms with Gasteiger partial charge in [0.1, 0.15) is 12.4 Å². The van der Waals surface area contributed by atoms with Gasteiger partial charge in [0.05, 0.1) is 0 Å². The Hall–Kier alpha value is -1.66. The van der Waals surface area contributed by atoms with E-state index in [1.54, 1.807) is 0 Å². The summed E-state index contributed by atoms with van der Waals surface area (Å²) < 4.78 is 26.2. The number of aromatic nitrogens is 2. The molecule has 0 aliphatic carbocycles. The lowest BCUT2D eigenvalue weighted by Gasteiger charge is -2.11. The van der Waals surface area contributed by atoms with E-state index in [9.17, 15) is 8.78 Å². The molecule has 0 aliphatic rings. The van der Waals surface area contributed by atoms with Gasteiger partial charge in [0.2, 0.25) is 0 Å². The topological polar surface area (TPSA) is 54.2 Å². The van der Waals surface area contributed by atoms with E-state index in [2.05, 4.69) is 27.5 Å². The Balaban J connectivity index is 2.55. The SMILES string of the molecule is CCCCCNC(=NCc1nccn1C(F)F)NCC. The van der Waals surface area contributed by atoms with Gasteiger partial charge in [0.15, 0.2) is 5.96 Å². The fourth-order valence-corrected chi connectivity index (χ4v) is 1.72. The van der Waals surface area contributed by atoms with Crippen molar-refractivity contribution in [2.75, 3.05) is 13.1 Å². The molecule has 0 amide bonds. The average Bonchev–Trinajstić information content (AvgIpc) is 2.89. The number of hydrogen-bond acceptors (Lipinski definition) is 2. The first-order valence-electron chi connectivity index (χ1n) is 7.01. The lowest BCUT2D eigenvalue weighted by atomic mass is 10.2. The molecule has 0 bridgehead atoms. The van der Waals surface area contributed by atoms with Crippen LogP contribution in [0, 0.1) is 0 Å². The van der Waals surface area contributed by atoms with Crippen molar-refractivity contribution < 1.29 is 8.78 Å². The van der Waals surface area contributed by atoms with Gasteiger partial charge in [-0.3, -0.25) is 4.57 Å². The van der Waals surface area contributed by atoms with Crippen LogP contribution in [0.1, 0.15) is 45.5 Å². The number of imidazole rings is 1. The summed E-state index contributed by atoms with van der Waals surface area (Å²) in [6.45, 7) is 3.20. The summed E-state index contributed by atoms with van der Waals surface area (Å²) in [7, 11) is 0. The Labute approximate surface area is 118 Å². The molecule has 5 nitrogen and oxygen atoms in total. The van der Waals surface area contributed by atoms with Gasteiger partial charge in [-0.05, 0) is 13.3 Å². The average molecular weight is 287 g/mol. The lowest BCUT2D eigenvalue weighted by Crippen LogP contribution is -2.37. The van der Waals surface area contributed by atoms with Crippen LogP contribution >= 0.6 is 0 Å². The van der Waals surface area contributed by atoms with E-state index in [4.69, 9.17) is 0 Å². The first-order valence-corrected chi connectivity index (χ1v) is 7.01. The second-order valence-electron chi connectivity index (χ2n) is 4.36. The van der Waals surface area contributed by atoms with Crippen molar-refractivity contribution in [3.8, 4) is 0 Å². The molecule has 1 heterocycles. The van der Waals surface area contributed by atoms with Crippen LogP contribution in [0.15, 0.2) is 17.4 Å². The van der Waals surface area contributed by atoms with Crippen molar-refractivity contribution in [1.29, 1.82) is 0 Å². The first kappa shape index (κ1) is 16.4. The summed E-state index contributed by atoms with van der Waals surface area (Å²) in [6, 6.07) is 0. The Bertz CT molecular complexity index is 403. The minimum atomic E-state index is -2.58. The van der Waals surface area contributed by atoms with Crippen LogP contribution < -0.4 is 10.6 Å². The second-order valence-corrected chi connectivity index (χ2v) is 4.36. The zero-order valence-electron chi connectivity index (χ0n) is 12.1. The van der Waals surface area contributed by atoms with Crippen molar-refractivity contribution in [1.82, 2.24) is 20.2 Å². The smallest absolute Gasteiger partial charge is 0.319 e. The molecule has 2 N–H and O–H groups in total. The van der Waals surface area contributed by atoms with E-state index < -0.39 is 6.55 Å². The van der Waals surface area contributed by atoms with Crippen LogP contribution in [0.3, 0.4) is 0 Å². The Morgan fingerprint density at radius 2 is 2.15 bits per heavy atom. The van der Waals surface area contributed by atoms with Crippen molar-refractivity contribution in [2.24, 2.45) is 4.99 Å². The minimum Gasteiger partial charge on any atom is -0.357 e. The third-order valence-corrected chi connectivity index (χ3v) is 2.75. The molecule has 0 spiro atoms. The number of halogens is 2. The summed E-state index contributed by atoms with van der Waals surface area (Å²) in [5.74, 6) is 0.887. The zero-order chi connectivity index (χ0) is 14.8. The molecular weight excluding hydrogens is 264 g/mol. The Kier molecular flexibility index (Phi) is 7.60. The molecular formula is C13H23F2N5. The summed E-state index contributed by atoms with van der Waals surface area (Å²) in [6.07, 6.45) is 5.99. The standard InChI is InChI=1S/C13H23F2N5/c1-3-5-6-7-18-13(16-4-2)19-10-11-17-8-9-20(11)12(14)15/h8-9,12H,3-7,10H2,1-2H3,(H2,16,18,19). The number of rotatable bonds is 8. The van der Waals surface area contributed by atoms with Gasteiger partial charge < -0.3 is 10.6 Å². The summed E-state index contributed by atoms with van der Waals surface area (Å²) in [4.78, 5) is 8.17. The maximum absolute atomic E-state index is 12.7. The summed E-state index contributed by atoms with van der Waals surface area (Å²) in [5, 5.41) is 6.27. The molecule has 1 aromatic rings. The number of guanidine groups is 1. The number of nitrogens with one attached hydrogen (secondary N) is 2. The summed E-state index contributed by atoms with van der Waals surface area (Å²) in [5.41, 5.74) is 0. The van der Waals surface area contributed by atoms with Crippen LogP contribution in [0.25, 0.3) is 0 Å². The second kappa shape index (κ2) is 9.28. The molecule has 0 radical (unpaired) electrons. The molecule has 1 rings (SSSR count). The third-order valence-electron chi connectivity index (χ3n) is 2.75. The molecule has 0 saturated heterocycles. The van der Waals surface area contributed by atoms with Crippen molar-refractivity contribution in [3.63, 3.8) is 0 Å². The fraction of sp³-hybridized carbons (Fsp3) is 0.692. The molecule has 114 valence electrons. The van der Waals surface area contributed by atoms with E-state index in [1.165, 1.54) is 12.4 Å². The lowest BCUT2D eigenvalue weighted by molar-refractivity contribution is 0.0671. The molecule has 0 saturated carbocycles. The highest BCUT2D eigenvalue weighted by Crippen LogP contribution is 2.12. The number of aliphatic imine (C=N–C) groups is 1. The van der Waals surface area contributed by atoms with E-state index >= 15 is 0 Å². The van der Waals surface area contributed by atoms with Crippen molar-refractivity contribution >= 4 is 5.96 Å². The zero-order valence-corrected chi connectivity index (χ0v) is 12.1. The van der Waals surface area contributed by atoms with Crippen LogP contribution in [0.2, 0.25) is 0 Å². The van der Waals surface area contributed by atoms with Gasteiger partial charge in [-0.2, -0.15) is 8.78 Å². The highest BCUT2D eigenvalue weighted by molar-refractivity contribution is 5.79. The van der Waals surface area contributed by atoms with Crippen molar-refractivity contribution in [3.05, 3.63) is 18.2 Å². The van der Waals surface area contributed by atoms with E-state index in [-0.39, 0.29) is 12.4 Å². The van der Waals surface area contributed by atoms with Gasteiger partial charge in [-0.15, -0.1) is 0 Å². The summed E-state index contributed by atoms with van der Waals surface area (Å²) >= 11 is 0. The van der Waals surface area contributed by atoms with E-state index in [0.717, 1.165) is 36.9 Å². The monoisotopic (exact) mass is 287 g/mol. The number of hydrogen-bond donors (Lipinski definition) is 2. The molecule has 0 aliphatic heterocycles. The van der Waals surface area contributed by atoms with Gasteiger partial charge in [0, 0.05) is 25.5 Å². The highest BCUT2D eigenvalue weighted by atomic mass is 19.3. The quantitative estimate of drug-likeness (QED) is 0.439. The molecule has 7 heteroatoms. The molecule has 20 heavy (non-hydrogen) atoms. The number of alkyl halides is 2. The number of unbranched alkanes of at least 4 members (excludes halogenated alkanes) is 2. The first-order chi connectivity index (χ1) is 9.69. The predicted octanol–water partition coefficient (Wildman–Crippen LogP) is 2.52. The van der Waals surface area contributed by atoms with E-state index in [0.29, 0.717) is 5.96 Å². The van der Waals surface area contributed by atoms with Crippen LogP contribution in [0.4, 0.5) is 8.78 Å². The van der Waals surface area contributed by atoms with Crippen LogP contribution in [-0.2, 0) is 6.54 Å². The molecule has 0 atom stereocenters. The molecule has 0 fully saturated rings. The Morgan fingerprint density at radius 3 is 2.80 bits per heavy atom. The number of nitrogens with zero attached hydrogens (tertiary/aromatic N) is 3. The third kappa shape index (κ3) is 5.54. The fourth-order valence-electron chi connectivity index (χ4n) is 1.72. The van der Waals surface area contributed by atoms with Gasteiger partial charge in [-0.1, -0.05) is 19.8 Å². The molecule has 0 aromatic carbocycles. The highest BCUT2D eigenvalue weighted by Gasteiger charge is 2.10. The van der Waals surface area contributed by atoms with Gasteiger partial charge >= 0.3 is 6.55 Å². The minimum absolute atomic E-state index is 0.125. The normalized spacial score (nSPS) is 11.9. The van der Waals surface area contributed by atoms with E-state index in [1.807, 2.05) is 6.92 Å².